The fourth-order valence-electron chi connectivity index (χ4n) is 2.95. The number of methoxy groups -OCH3 is 1. The minimum absolute atomic E-state index is 0.0982. The summed E-state index contributed by atoms with van der Waals surface area (Å²) in [6.45, 7) is 8.28. The van der Waals surface area contributed by atoms with Crippen LogP contribution in [0.15, 0.2) is 53.2 Å². The third-order valence-electron chi connectivity index (χ3n) is 4.05. The van der Waals surface area contributed by atoms with Gasteiger partial charge in [-0.1, -0.05) is 43.8 Å². The monoisotopic (exact) mass is 380 g/mol. The molecule has 0 bridgehead atoms. The number of anilines is 1. The lowest BCUT2D eigenvalue weighted by Gasteiger charge is -2.20. The van der Waals surface area contributed by atoms with Gasteiger partial charge in [-0.2, -0.15) is 0 Å². The van der Waals surface area contributed by atoms with E-state index in [9.17, 15) is 4.79 Å². The summed E-state index contributed by atoms with van der Waals surface area (Å²) in [4.78, 5) is 19.5. The second-order valence-electron chi connectivity index (χ2n) is 6.85. The molecule has 0 aliphatic carbocycles. The molecule has 2 aromatic rings. The van der Waals surface area contributed by atoms with Crippen molar-refractivity contribution in [1.82, 2.24) is 0 Å². The van der Waals surface area contributed by atoms with Gasteiger partial charge in [0, 0.05) is 5.25 Å². The van der Waals surface area contributed by atoms with Gasteiger partial charge in [-0.05, 0) is 60.9 Å². The third kappa shape index (κ3) is 4.42. The number of carbonyl (C=O) groups excluding carboxylic acids is 1. The van der Waals surface area contributed by atoms with Gasteiger partial charge in [0.1, 0.15) is 11.4 Å². The summed E-state index contributed by atoms with van der Waals surface area (Å²) >= 11 is 1.60. The van der Waals surface area contributed by atoms with Crippen molar-refractivity contribution in [3.05, 3.63) is 64.9 Å². The van der Waals surface area contributed by atoms with E-state index in [2.05, 4.69) is 24.9 Å². The molecule has 0 fully saturated rings. The first-order valence-electron chi connectivity index (χ1n) is 8.91. The summed E-state index contributed by atoms with van der Waals surface area (Å²) in [6, 6.07) is 13.7. The van der Waals surface area contributed by atoms with E-state index >= 15 is 0 Å². The predicted octanol–water partition coefficient (Wildman–Crippen LogP) is 5.20. The van der Waals surface area contributed by atoms with Crippen LogP contribution >= 0.6 is 11.8 Å². The maximum Gasteiger partial charge on any atom is 0.283 e. The van der Waals surface area contributed by atoms with E-state index in [1.165, 1.54) is 0 Å². The van der Waals surface area contributed by atoms with Gasteiger partial charge in [0.15, 0.2) is 5.17 Å². The maximum atomic E-state index is 13.2. The lowest BCUT2D eigenvalue weighted by Crippen LogP contribution is -2.31. The number of rotatable bonds is 4. The van der Waals surface area contributed by atoms with Crippen molar-refractivity contribution in [1.29, 1.82) is 0 Å². The Bertz CT molecular complexity index is 894. The first-order valence-corrected chi connectivity index (χ1v) is 9.79. The minimum Gasteiger partial charge on any atom is -0.497 e. The highest BCUT2D eigenvalue weighted by Gasteiger charge is 2.32. The number of hydrogen-bond acceptors (Lipinski definition) is 4. The SMILES string of the molecule is COc1ccc(/C=C2\N=C(SC(C)C)N(c3cc(C)cc(C)c3)C2=O)cc1. The molecule has 0 saturated carbocycles. The minimum atomic E-state index is -0.0982. The molecule has 2 aromatic carbocycles. The molecule has 3 rings (SSSR count). The van der Waals surface area contributed by atoms with Gasteiger partial charge in [-0.15, -0.1) is 0 Å². The van der Waals surface area contributed by atoms with Gasteiger partial charge in [-0.25, -0.2) is 4.99 Å². The largest absolute Gasteiger partial charge is 0.497 e. The molecule has 0 saturated heterocycles. The summed E-state index contributed by atoms with van der Waals surface area (Å²) in [6.07, 6.45) is 1.82. The van der Waals surface area contributed by atoms with E-state index in [0.29, 0.717) is 10.9 Å². The van der Waals surface area contributed by atoms with Crippen LogP contribution in [0.4, 0.5) is 5.69 Å². The van der Waals surface area contributed by atoms with E-state index < -0.39 is 0 Å². The third-order valence-corrected chi connectivity index (χ3v) is 5.01. The molecule has 1 aliphatic heterocycles. The topological polar surface area (TPSA) is 41.9 Å². The van der Waals surface area contributed by atoms with Gasteiger partial charge in [0.05, 0.1) is 12.8 Å². The first kappa shape index (κ1) is 19.2. The second-order valence-corrected chi connectivity index (χ2v) is 8.39. The average Bonchev–Trinajstić information content (AvgIpc) is 2.89. The first-order chi connectivity index (χ1) is 12.9. The summed E-state index contributed by atoms with van der Waals surface area (Å²) in [5.74, 6) is 0.685. The van der Waals surface area contributed by atoms with Crippen LogP contribution in [-0.2, 0) is 4.79 Å². The summed E-state index contributed by atoms with van der Waals surface area (Å²) < 4.78 is 5.19. The number of amides is 1. The van der Waals surface area contributed by atoms with Crippen LogP contribution < -0.4 is 9.64 Å². The van der Waals surface area contributed by atoms with Gasteiger partial charge in [0.2, 0.25) is 0 Å². The maximum absolute atomic E-state index is 13.2. The fraction of sp³-hybridized carbons (Fsp3) is 0.273. The number of hydrogen-bond donors (Lipinski definition) is 0. The molecule has 0 atom stereocenters. The molecule has 5 heteroatoms. The van der Waals surface area contributed by atoms with Crippen molar-refractivity contribution in [3.8, 4) is 5.75 Å². The van der Waals surface area contributed by atoms with Gasteiger partial charge in [0.25, 0.3) is 5.91 Å². The normalized spacial score (nSPS) is 15.6. The Balaban J connectivity index is 2.00. The summed E-state index contributed by atoms with van der Waals surface area (Å²) in [5.41, 5.74) is 4.47. The molecule has 1 heterocycles. The number of benzene rings is 2. The Morgan fingerprint density at radius 1 is 1.07 bits per heavy atom. The number of aliphatic imine (C=N–C) groups is 1. The lowest BCUT2D eigenvalue weighted by molar-refractivity contribution is -0.113. The van der Waals surface area contributed by atoms with Crippen LogP contribution in [0.25, 0.3) is 6.08 Å². The zero-order valence-corrected chi connectivity index (χ0v) is 17.1. The van der Waals surface area contributed by atoms with Crippen molar-refractivity contribution in [3.63, 3.8) is 0 Å². The van der Waals surface area contributed by atoms with E-state index in [-0.39, 0.29) is 5.91 Å². The fourth-order valence-corrected chi connectivity index (χ4v) is 3.82. The predicted molar refractivity (Wildman–Crippen MR) is 115 cm³/mol. The number of nitrogens with zero attached hydrogens (tertiary/aromatic N) is 2. The highest BCUT2D eigenvalue weighted by atomic mass is 32.2. The molecule has 140 valence electrons. The van der Waals surface area contributed by atoms with Crippen molar-refractivity contribution < 1.29 is 9.53 Å². The van der Waals surface area contributed by atoms with Crippen molar-refractivity contribution in [2.45, 2.75) is 32.9 Å². The molecular weight excluding hydrogens is 356 g/mol. The Morgan fingerprint density at radius 2 is 1.70 bits per heavy atom. The van der Waals surface area contributed by atoms with E-state index in [1.54, 1.807) is 23.8 Å². The smallest absolute Gasteiger partial charge is 0.283 e. The van der Waals surface area contributed by atoms with Crippen molar-refractivity contribution in [2.75, 3.05) is 12.0 Å². The van der Waals surface area contributed by atoms with Gasteiger partial charge in [-0.3, -0.25) is 9.69 Å². The van der Waals surface area contributed by atoms with Crippen LogP contribution in [0.5, 0.6) is 5.75 Å². The quantitative estimate of drug-likeness (QED) is 0.685. The zero-order chi connectivity index (χ0) is 19.6. The van der Waals surface area contributed by atoms with Crippen LogP contribution in [-0.4, -0.2) is 23.4 Å². The zero-order valence-electron chi connectivity index (χ0n) is 16.3. The second kappa shape index (κ2) is 8.01. The van der Waals surface area contributed by atoms with Crippen LogP contribution in [0.2, 0.25) is 0 Å². The number of amidine groups is 1. The van der Waals surface area contributed by atoms with E-state index in [0.717, 1.165) is 33.3 Å². The average molecular weight is 381 g/mol. The standard InChI is InChI=1S/C22H24N2O2S/c1-14(2)27-22-23-20(13-17-6-8-19(26-5)9-7-17)21(25)24(22)18-11-15(3)10-16(4)12-18/h6-14H,1-5H3/b20-13-. The van der Waals surface area contributed by atoms with Crippen LogP contribution in [0, 0.1) is 13.8 Å². The van der Waals surface area contributed by atoms with Gasteiger partial charge < -0.3 is 4.74 Å². The molecule has 4 nitrogen and oxygen atoms in total. The molecular formula is C22H24N2O2S. The lowest BCUT2D eigenvalue weighted by atomic mass is 10.1. The molecule has 1 aliphatic rings. The Kier molecular flexibility index (Phi) is 5.71. The van der Waals surface area contributed by atoms with E-state index in [4.69, 9.17) is 4.74 Å². The molecule has 0 spiro atoms. The number of ether oxygens (including phenoxy) is 1. The Labute approximate surface area is 164 Å². The van der Waals surface area contributed by atoms with Crippen LogP contribution in [0.1, 0.15) is 30.5 Å². The van der Waals surface area contributed by atoms with Crippen molar-refractivity contribution in [2.24, 2.45) is 4.99 Å². The molecule has 0 unspecified atom stereocenters. The van der Waals surface area contributed by atoms with E-state index in [1.807, 2.05) is 56.3 Å². The van der Waals surface area contributed by atoms with Gasteiger partial charge >= 0.3 is 0 Å². The molecule has 27 heavy (non-hydrogen) atoms. The van der Waals surface area contributed by atoms with Crippen LogP contribution in [0.3, 0.4) is 0 Å². The molecule has 1 amide bonds. The number of aryl methyl sites for hydroxylation is 2. The highest BCUT2D eigenvalue weighted by Crippen LogP contribution is 2.32. The molecule has 0 aromatic heterocycles. The highest BCUT2D eigenvalue weighted by molar-refractivity contribution is 8.14. The molecule has 0 radical (unpaired) electrons. The number of carbonyl (C=O) groups is 1. The summed E-state index contributed by atoms with van der Waals surface area (Å²) in [7, 11) is 1.63. The summed E-state index contributed by atoms with van der Waals surface area (Å²) in [5, 5.41) is 1.05. The molecule has 0 N–H and O–H groups in total. The number of thioether (sulfide) groups is 1. The Hall–Kier alpha value is -2.53. The Morgan fingerprint density at radius 3 is 2.26 bits per heavy atom. The van der Waals surface area contributed by atoms with Crippen molar-refractivity contribution >= 4 is 34.6 Å².